The lowest BCUT2D eigenvalue weighted by Crippen LogP contribution is -2.27. The van der Waals surface area contributed by atoms with Gasteiger partial charge in [-0.15, -0.1) is 6.58 Å². The van der Waals surface area contributed by atoms with E-state index in [1.807, 2.05) is 24.3 Å². The van der Waals surface area contributed by atoms with E-state index in [1.165, 1.54) is 5.57 Å². The van der Waals surface area contributed by atoms with Crippen LogP contribution in [0.4, 0.5) is 5.69 Å². The average molecular weight is 241 g/mol. The minimum Gasteiger partial charge on any atom is -0.457 e. The number of fused-ring (bicyclic) bond motifs is 1. The topological polar surface area (TPSA) is 21.3 Å². The number of rotatable bonds is 3. The molecule has 0 aromatic heterocycles. The van der Waals surface area contributed by atoms with Gasteiger partial charge in [-0.25, -0.2) is 0 Å². The molecule has 18 heavy (non-hydrogen) atoms. The molecule has 0 radical (unpaired) electrons. The van der Waals surface area contributed by atoms with Gasteiger partial charge in [-0.2, -0.15) is 0 Å². The zero-order valence-electron chi connectivity index (χ0n) is 11.2. The smallest absolute Gasteiger partial charge is 0.135 e. The molecule has 1 aliphatic rings. The maximum Gasteiger partial charge on any atom is 0.135 e. The van der Waals surface area contributed by atoms with Crippen molar-refractivity contribution in [2.75, 3.05) is 5.32 Å². The van der Waals surface area contributed by atoms with Crippen molar-refractivity contribution in [2.24, 2.45) is 0 Å². The molecule has 2 heteroatoms. The first kappa shape index (κ1) is 12.5. The third kappa shape index (κ3) is 2.48. The SMILES string of the molecule is C=CC(C)(C)Nc1ccc2c(c1)C(C)=CC(=C)O2. The van der Waals surface area contributed by atoms with Crippen molar-refractivity contribution >= 4 is 11.3 Å². The highest BCUT2D eigenvalue weighted by molar-refractivity contribution is 5.76. The van der Waals surface area contributed by atoms with E-state index in [-0.39, 0.29) is 5.54 Å². The Hall–Kier alpha value is -1.96. The quantitative estimate of drug-likeness (QED) is 0.793. The van der Waals surface area contributed by atoms with Gasteiger partial charge in [0.2, 0.25) is 0 Å². The number of hydrogen-bond acceptors (Lipinski definition) is 2. The van der Waals surface area contributed by atoms with Crippen LogP contribution >= 0.6 is 0 Å². The van der Waals surface area contributed by atoms with Crippen LogP contribution in [0.1, 0.15) is 26.3 Å². The summed E-state index contributed by atoms with van der Waals surface area (Å²) in [5.74, 6) is 1.55. The van der Waals surface area contributed by atoms with Crippen molar-refractivity contribution in [3.8, 4) is 5.75 Å². The monoisotopic (exact) mass is 241 g/mol. The fourth-order valence-electron chi connectivity index (χ4n) is 1.92. The first-order valence-electron chi connectivity index (χ1n) is 6.02. The summed E-state index contributed by atoms with van der Waals surface area (Å²) in [5, 5.41) is 3.43. The van der Waals surface area contributed by atoms with Gasteiger partial charge in [0.15, 0.2) is 0 Å². The van der Waals surface area contributed by atoms with Crippen LogP contribution in [-0.2, 0) is 0 Å². The van der Waals surface area contributed by atoms with Crippen LogP contribution < -0.4 is 10.1 Å². The Balaban J connectivity index is 2.35. The zero-order chi connectivity index (χ0) is 13.3. The van der Waals surface area contributed by atoms with Gasteiger partial charge in [-0.3, -0.25) is 0 Å². The summed E-state index contributed by atoms with van der Waals surface area (Å²) < 4.78 is 5.59. The number of anilines is 1. The van der Waals surface area contributed by atoms with E-state index in [9.17, 15) is 0 Å². The number of nitrogens with one attached hydrogen (secondary N) is 1. The number of benzene rings is 1. The summed E-state index contributed by atoms with van der Waals surface area (Å²) in [4.78, 5) is 0. The maximum absolute atomic E-state index is 5.59. The number of hydrogen-bond donors (Lipinski definition) is 1. The molecule has 0 aliphatic carbocycles. The van der Waals surface area contributed by atoms with E-state index in [0.717, 1.165) is 17.0 Å². The Morgan fingerprint density at radius 1 is 1.33 bits per heavy atom. The fourth-order valence-corrected chi connectivity index (χ4v) is 1.92. The molecule has 0 atom stereocenters. The van der Waals surface area contributed by atoms with Crippen LogP contribution in [0.5, 0.6) is 5.75 Å². The van der Waals surface area contributed by atoms with Crippen molar-refractivity contribution < 1.29 is 4.74 Å². The molecule has 2 nitrogen and oxygen atoms in total. The van der Waals surface area contributed by atoms with Gasteiger partial charge < -0.3 is 10.1 Å². The third-order valence-electron chi connectivity index (χ3n) is 3.00. The van der Waals surface area contributed by atoms with Crippen LogP contribution in [0, 0.1) is 0 Å². The molecule has 0 fully saturated rings. The highest BCUT2D eigenvalue weighted by Gasteiger charge is 2.16. The van der Waals surface area contributed by atoms with E-state index in [4.69, 9.17) is 4.74 Å². The van der Waals surface area contributed by atoms with Crippen LogP contribution in [0.15, 0.2) is 49.3 Å². The fraction of sp³-hybridized carbons (Fsp3) is 0.250. The molecule has 1 aliphatic heterocycles. The lowest BCUT2D eigenvalue weighted by Gasteiger charge is -2.25. The van der Waals surface area contributed by atoms with Gasteiger partial charge in [0.1, 0.15) is 11.5 Å². The molecule has 0 bridgehead atoms. The first-order valence-corrected chi connectivity index (χ1v) is 6.02. The summed E-state index contributed by atoms with van der Waals surface area (Å²) >= 11 is 0. The van der Waals surface area contributed by atoms with Gasteiger partial charge in [-0.05, 0) is 50.6 Å². The van der Waals surface area contributed by atoms with Gasteiger partial charge in [0, 0.05) is 16.8 Å². The first-order chi connectivity index (χ1) is 8.41. The summed E-state index contributed by atoms with van der Waals surface area (Å²) in [6.07, 6.45) is 3.85. The van der Waals surface area contributed by atoms with E-state index < -0.39 is 0 Å². The summed E-state index contributed by atoms with van der Waals surface area (Å²) in [7, 11) is 0. The average Bonchev–Trinajstić information content (AvgIpc) is 2.29. The molecular formula is C16H19NO. The van der Waals surface area contributed by atoms with Crippen LogP contribution in [-0.4, -0.2) is 5.54 Å². The molecule has 94 valence electrons. The number of allylic oxidation sites excluding steroid dienone is 2. The van der Waals surface area contributed by atoms with Crippen LogP contribution in [0.3, 0.4) is 0 Å². The zero-order valence-corrected chi connectivity index (χ0v) is 11.2. The number of ether oxygens (including phenoxy) is 1. The van der Waals surface area contributed by atoms with Gasteiger partial charge >= 0.3 is 0 Å². The maximum atomic E-state index is 5.59. The van der Waals surface area contributed by atoms with Crippen molar-refractivity contribution in [1.82, 2.24) is 0 Å². The molecular weight excluding hydrogens is 222 g/mol. The Morgan fingerprint density at radius 3 is 2.72 bits per heavy atom. The summed E-state index contributed by atoms with van der Waals surface area (Å²) in [5.41, 5.74) is 3.20. The predicted molar refractivity (Wildman–Crippen MR) is 77.8 cm³/mol. The molecule has 0 amide bonds. The Bertz CT molecular complexity index is 538. The van der Waals surface area contributed by atoms with E-state index in [2.05, 4.69) is 45.3 Å². The van der Waals surface area contributed by atoms with Crippen molar-refractivity contribution in [1.29, 1.82) is 0 Å². The van der Waals surface area contributed by atoms with Crippen molar-refractivity contribution in [3.63, 3.8) is 0 Å². The second kappa shape index (κ2) is 4.37. The third-order valence-corrected chi connectivity index (χ3v) is 3.00. The minimum atomic E-state index is -0.134. The molecule has 1 N–H and O–H groups in total. The second-order valence-electron chi connectivity index (χ2n) is 5.16. The van der Waals surface area contributed by atoms with Gasteiger partial charge in [0.25, 0.3) is 0 Å². The Labute approximate surface area is 109 Å². The Morgan fingerprint density at radius 2 is 2.06 bits per heavy atom. The summed E-state index contributed by atoms with van der Waals surface area (Å²) in [6.45, 7) is 13.9. The normalized spacial score (nSPS) is 14.4. The van der Waals surface area contributed by atoms with E-state index in [1.54, 1.807) is 0 Å². The molecule has 1 heterocycles. The molecule has 1 aromatic rings. The van der Waals surface area contributed by atoms with Crippen LogP contribution in [0.2, 0.25) is 0 Å². The molecule has 0 spiro atoms. The lowest BCUT2D eigenvalue weighted by atomic mass is 10.0. The highest BCUT2D eigenvalue weighted by atomic mass is 16.5. The van der Waals surface area contributed by atoms with E-state index in [0.29, 0.717) is 5.76 Å². The van der Waals surface area contributed by atoms with E-state index >= 15 is 0 Å². The van der Waals surface area contributed by atoms with Crippen LogP contribution in [0.25, 0.3) is 5.57 Å². The standard InChI is InChI=1S/C16H19NO/c1-6-16(4,5)17-13-7-8-15-14(10-13)11(2)9-12(3)18-15/h6-10,17H,1,3H2,2,4-5H3. The molecule has 0 saturated carbocycles. The van der Waals surface area contributed by atoms with Crippen molar-refractivity contribution in [3.05, 3.63) is 54.8 Å². The molecule has 0 unspecified atom stereocenters. The minimum absolute atomic E-state index is 0.134. The molecule has 1 aromatic carbocycles. The summed E-state index contributed by atoms with van der Waals surface area (Å²) in [6, 6.07) is 6.08. The predicted octanol–water partition coefficient (Wildman–Crippen LogP) is 4.37. The highest BCUT2D eigenvalue weighted by Crippen LogP contribution is 2.35. The lowest BCUT2D eigenvalue weighted by molar-refractivity contribution is 0.441. The Kier molecular flexibility index (Phi) is 3.04. The van der Waals surface area contributed by atoms with Crippen molar-refractivity contribution in [2.45, 2.75) is 26.3 Å². The molecule has 0 saturated heterocycles. The second-order valence-corrected chi connectivity index (χ2v) is 5.16. The van der Waals surface area contributed by atoms with Gasteiger partial charge in [0.05, 0.1) is 0 Å². The largest absolute Gasteiger partial charge is 0.457 e. The molecule has 2 rings (SSSR count). The van der Waals surface area contributed by atoms with Gasteiger partial charge in [-0.1, -0.05) is 12.7 Å².